The molecule has 9 heavy (non-hydrogen) atoms. The van der Waals surface area contributed by atoms with Gasteiger partial charge in [-0.2, -0.15) is 0 Å². The van der Waals surface area contributed by atoms with Crippen molar-refractivity contribution in [1.82, 2.24) is 5.09 Å². The topological polar surface area (TPSA) is 86.6 Å². The summed E-state index contributed by atoms with van der Waals surface area (Å²) in [4.78, 5) is 26.1. The lowest BCUT2D eigenvalue weighted by Gasteiger charge is -2.06. The van der Waals surface area contributed by atoms with E-state index >= 15 is 0 Å². The van der Waals surface area contributed by atoms with Gasteiger partial charge in [0.05, 0.1) is 6.04 Å². The molecule has 5 nitrogen and oxygen atoms in total. The molecule has 1 atom stereocenters. The summed E-state index contributed by atoms with van der Waals surface area (Å²) in [5.74, 6) is 0. The van der Waals surface area contributed by atoms with E-state index in [0.29, 0.717) is 6.29 Å². The molecule has 0 saturated carbocycles. The average molecular weight is 153 g/mol. The first-order valence-corrected chi connectivity index (χ1v) is 3.85. The van der Waals surface area contributed by atoms with Crippen LogP contribution in [-0.4, -0.2) is 22.1 Å². The van der Waals surface area contributed by atoms with Gasteiger partial charge in [-0.25, -0.2) is 9.65 Å². The molecule has 0 rings (SSSR count). The molecular weight excluding hydrogens is 145 g/mol. The summed E-state index contributed by atoms with van der Waals surface area (Å²) in [6.45, 7) is 1.35. The van der Waals surface area contributed by atoms with E-state index in [0.717, 1.165) is 0 Å². The second-order valence-corrected chi connectivity index (χ2v) is 2.94. The summed E-state index contributed by atoms with van der Waals surface area (Å²) in [5.41, 5.74) is 0. The number of aldehydes is 1. The van der Waals surface area contributed by atoms with Crippen molar-refractivity contribution in [2.24, 2.45) is 0 Å². The lowest BCUT2D eigenvalue weighted by atomic mass is 10.4. The number of nitrogens with one attached hydrogen (secondary N) is 1. The molecule has 0 aromatic carbocycles. The van der Waals surface area contributed by atoms with Crippen LogP contribution in [0.15, 0.2) is 0 Å². The highest BCUT2D eigenvalue weighted by molar-refractivity contribution is 7.49. The van der Waals surface area contributed by atoms with Gasteiger partial charge in [-0.1, -0.05) is 0 Å². The molecule has 0 amide bonds. The molecule has 0 aliphatic rings. The van der Waals surface area contributed by atoms with Gasteiger partial charge in [0, 0.05) is 0 Å². The maximum absolute atomic E-state index is 10.0. The van der Waals surface area contributed by atoms with Gasteiger partial charge in [-0.3, -0.25) is 0 Å². The van der Waals surface area contributed by atoms with E-state index in [9.17, 15) is 9.36 Å². The average Bonchev–Trinajstić information content (AvgIpc) is 1.62. The Balaban J connectivity index is 3.74. The Morgan fingerprint density at radius 3 is 2.22 bits per heavy atom. The highest BCUT2D eigenvalue weighted by Gasteiger charge is 2.14. The Labute approximate surface area is 52.3 Å². The Hall–Kier alpha value is -0.220. The van der Waals surface area contributed by atoms with Gasteiger partial charge >= 0.3 is 7.75 Å². The van der Waals surface area contributed by atoms with Crippen molar-refractivity contribution < 1.29 is 19.1 Å². The molecule has 3 N–H and O–H groups in total. The molecule has 0 fully saturated rings. The molecule has 0 aliphatic carbocycles. The fourth-order valence-electron chi connectivity index (χ4n) is 0.296. The van der Waals surface area contributed by atoms with Gasteiger partial charge in [-0.15, -0.1) is 0 Å². The lowest BCUT2D eigenvalue weighted by molar-refractivity contribution is -0.109. The quantitative estimate of drug-likeness (QED) is 0.367. The first-order valence-electron chi connectivity index (χ1n) is 2.24. The van der Waals surface area contributed by atoms with E-state index in [1.165, 1.54) is 6.92 Å². The molecule has 0 heterocycles. The fraction of sp³-hybridized carbons (Fsp3) is 0.667. The predicted octanol–water partition coefficient (Wildman–Crippen LogP) is -0.744. The normalized spacial score (nSPS) is 15.0. The molecule has 0 aliphatic heterocycles. The largest absolute Gasteiger partial charge is 0.400 e. The Bertz CT molecular complexity index is 141. The minimum atomic E-state index is -4.22. The summed E-state index contributed by atoms with van der Waals surface area (Å²) in [6, 6.07) is -0.800. The first-order chi connectivity index (χ1) is 3.95. The molecule has 6 heteroatoms. The van der Waals surface area contributed by atoms with Crippen molar-refractivity contribution in [3.05, 3.63) is 0 Å². The van der Waals surface area contributed by atoms with Crippen molar-refractivity contribution >= 4 is 14.0 Å². The molecule has 0 unspecified atom stereocenters. The monoisotopic (exact) mass is 153 g/mol. The van der Waals surface area contributed by atoms with Gasteiger partial charge < -0.3 is 14.6 Å². The Morgan fingerprint density at radius 1 is 1.67 bits per heavy atom. The summed E-state index contributed by atoms with van der Waals surface area (Å²) in [5, 5.41) is 1.77. The molecule has 54 valence electrons. The second kappa shape index (κ2) is 3.08. The van der Waals surface area contributed by atoms with Crippen LogP contribution in [0.2, 0.25) is 0 Å². The van der Waals surface area contributed by atoms with E-state index in [4.69, 9.17) is 9.79 Å². The summed E-state index contributed by atoms with van der Waals surface area (Å²) < 4.78 is 10.0. The first kappa shape index (κ1) is 8.78. The number of hydrogen-bond acceptors (Lipinski definition) is 2. The molecular formula is C3H8NO4P. The maximum Gasteiger partial charge on any atom is 0.400 e. The van der Waals surface area contributed by atoms with Crippen molar-refractivity contribution in [2.45, 2.75) is 13.0 Å². The van der Waals surface area contributed by atoms with E-state index in [2.05, 4.69) is 0 Å². The Kier molecular flexibility index (Phi) is 3.00. The van der Waals surface area contributed by atoms with E-state index in [-0.39, 0.29) is 0 Å². The van der Waals surface area contributed by atoms with Gasteiger partial charge in [0.25, 0.3) is 0 Å². The summed E-state index contributed by atoms with van der Waals surface area (Å²) >= 11 is 0. The SMILES string of the molecule is C[C@@H](C=O)NP(=O)(O)O. The standard InChI is InChI=1S/C3H8NO4P/c1-3(2-5)4-9(6,7)8/h2-3H,1H3,(H3,4,6,7,8)/t3-/m0/s1. The number of carbonyl (C=O) groups is 1. The number of carbonyl (C=O) groups excluding carboxylic acids is 1. The third kappa shape index (κ3) is 5.65. The van der Waals surface area contributed by atoms with Gasteiger partial charge in [0.1, 0.15) is 6.29 Å². The van der Waals surface area contributed by atoms with Crippen molar-refractivity contribution in [3.63, 3.8) is 0 Å². The van der Waals surface area contributed by atoms with Crippen LogP contribution in [0.3, 0.4) is 0 Å². The highest BCUT2D eigenvalue weighted by Crippen LogP contribution is 2.28. The smallest absolute Gasteiger partial charge is 0.313 e. The molecule has 0 aromatic heterocycles. The molecule has 0 spiro atoms. The van der Waals surface area contributed by atoms with Crippen LogP contribution in [-0.2, 0) is 9.36 Å². The van der Waals surface area contributed by atoms with Crippen LogP contribution in [0.1, 0.15) is 6.92 Å². The van der Waals surface area contributed by atoms with E-state index in [1.54, 1.807) is 5.09 Å². The van der Waals surface area contributed by atoms with Crippen molar-refractivity contribution in [2.75, 3.05) is 0 Å². The maximum atomic E-state index is 10.0. The minimum absolute atomic E-state index is 0.416. The fourth-order valence-corrected chi connectivity index (χ4v) is 0.887. The summed E-state index contributed by atoms with van der Waals surface area (Å²) in [7, 11) is -4.22. The predicted molar refractivity (Wildman–Crippen MR) is 30.7 cm³/mol. The lowest BCUT2D eigenvalue weighted by Crippen LogP contribution is -2.23. The molecule has 0 saturated heterocycles. The highest BCUT2D eigenvalue weighted by atomic mass is 31.2. The molecule has 0 radical (unpaired) electrons. The number of hydrogen-bond donors (Lipinski definition) is 3. The zero-order valence-corrected chi connectivity index (χ0v) is 5.71. The molecule has 0 aromatic rings. The number of rotatable bonds is 3. The van der Waals surface area contributed by atoms with Crippen LogP contribution >= 0.6 is 7.75 Å². The van der Waals surface area contributed by atoms with Crippen molar-refractivity contribution in [3.8, 4) is 0 Å². The minimum Gasteiger partial charge on any atom is -0.313 e. The third-order valence-electron chi connectivity index (χ3n) is 0.576. The van der Waals surface area contributed by atoms with Crippen LogP contribution in [0.25, 0.3) is 0 Å². The third-order valence-corrected chi connectivity index (χ3v) is 1.32. The zero-order chi connectivity index (χ0) is 7.49. The van der Waals surface area contributed by atoms with Gasteiger partial charge in [0.15, 0.2) is 0 Å². The zero-order valence-electron chi connectivity index (χ0n) is 4.81. The van der Waals surface area contributed by atoms with E-state index < -0.39 is 13.8 Å². The summed E-state index contributed by atoms with van der Waals surface area (Å²) in [6.07, 6.45) is 0.416. The Morgan fingerprint density at radius 2 is 2.11 bits per heavy atom. The second-order valence-electron chi connectivity index (χ2n) is 1.60. The van der Waals surface area contributed by atoms with Crippen LogP contribution in [0.5, 0.6) is 0 Å². The molecule has 0 bridgehead atoms. The van der Waals surface area contributed by atoms with Crippen LogP contribution in [0.4, 0.5) is 0 Å². The van der Waals surface area contributed by atoms with Crippen LogP contribution < -0.4 is 5.09 Å². The van der Waals surface area contributed by atoms with E-state index in [1.807, 2.05) is 0 Å². The van der Waals surface area contributed by atoms with Gasteiger partial charge in [0.2, 0.25) is 0 Å². The van der Waals surface area contributed by atoms with Crippen molar-refractivity contribution in [1.29, 1.82) is 0 Å². The van der Waals surface area contributed by atoms with Gasteiger partial charge in [-0.05, 0) is 6.92 Å². The van der Waals surface area contributed by atoms with Crippen LogP contribution in [0, 0.1) is 0 Å².